The van der Waals surface area contributed by atoms with E-state index in [1.165, 1.54) is 19.3 Å². The molecule has 4 nitrogen and oxygen atoms in total. The summed E-state index contributed by atoms with van der Waals surface area (Å²) in [6, 6.07) is 7.21. The van der Waals surface area contributed by atoms with Gasteiger partial charge in [0.05, 0.1) is 5.56 Å². The lowest BCUT2D eigenvalue weighted by atomic mass is 10.1. The minimum Gasteiger partial charge on any atom is -0.492 e. The number of benzene rings is 1. The number of aromatic carboxylic acids is 1. The summed E-state index contributed by atoms with van der Waals surface area (Å²) in [5.74, 6) is 0.430. The number of rotatable bonds is 6. The quantitative estimate of drug-likeness (QED) is 0.774. The zero-order valence-electron chi connectivity index (χ0n) is 11.3. The lowest BCUT2D eigenvalue weighted by Crippen LogP contribution is -2.34. The average Bonchev–Trinajstić information content (AvgIpc) is 2.81. The van der Waals surface area contributed by atoms with Gasteiger partial charge in [0.2, 0.25) is 0 Å². The Morgan fingerprint density at radius 1 is 1.47 bits per heavy atom. The topological polar surface area (TPSA) is 58.6 Å². The maximum Gasteiger partial charge on any atom is 0.335 e. The summed E-state index contributed by atoms with van der Waals surface area (Å²) in [5.41, 5.74) is 0.259. The predicted molar refractivity (Wildman–Crippen MR) is 73.7 cm³/mol. The second kappa shape index (κ2) is 6.57. The van der Waals surface area contributed by atoms with Gasteiger partial charge in [0.25, 0.3) is 0 Å². The molecular formula is C15H21NO3. The molecule has 2 atom stereocenters. The van der Waals surface area contributed by atoms with Gasteiger partial charge < -0.3 is 15.2 Å². The van der Waals surface area contributed by atoms with Crippen LogP contribution < -0.4 is 10.1 Å². The van der Waals surface area contributed by atoms with Crippen LogP contribution in [-0.4, -0.2) is 30.3 Å². The molecule has 104 valence electrons. The number of hydrogen-bond donors (Lipinski definition) is 2. The summed E-state index contributed by atoms with van der Waals surface area (Å²) in [5, 5.41) is 12.4. The first-order chi connectivity index (χ1) is 9.16. The SMILES string of the molecule is CC1CCCC1NCCOc1cccc(C(=O)O)c1. The lowest BCUT2D eigenvalue weighted by molar-refractivity contribution is 0.0696. The highest BCUT2D eigenvalue weighted by molar-refractivity contribution is 5.87. The van der Waals surface area contributed by atoms with Crippen molar-refractivity contribution in [2.45, 2.75) is 32.2 Å². The molecule has 1 fully saturated rings. The van der Waals surface area contributed by atoms with Gasteiger partial charge in [0.15, 0.2) is 0 Å². The van der Waals surface area contributed by atoms with Crippen molar-refractivity contribution in [3.8, 4) is 5.75 Å². The molecule has 1 aliphatic carbocycles. The fourth-order valence-corrected chi connectivity index (χ4v) is 2.58. The number of ether oxygens (including phenoxy) is 1. The van der Waals surface area contributed by atoms with E-state index in [9.17, 15) is 4.79 Å². The van der Waals surface area contributed by atoms with Crippen molar-refractivity contribution in [3.05, 3.63) is 29.8 Å². The van der Waals surface area contributed by atoms with E-state index in [4.69, 9.17) is 9.84 Å². The van der Waals surface area contributed by atoms with Crippen LogP contribution in [0.4, 0.5) is 0 Å². The summed E-state index contributed by atoms with van der Waals surface area (Å²) in [6.07, 6.45) is 3.86. The number of nitrogens with one attached hydrogen (secondary N) is 1. The Morgan fingerprint density at radius 2 is 2.32 bits per heavy atom. The standard InChI is InChI=1S/C15H21NO3/c1-11-4-2-7-14(11)16-8-9-19-13-6-3-5-12(10-13)15(17)18/h3,5-6,10-11,14,16H,2,4,7-9H2,1H3,(H,17,18). The van der Waals surface area contributed by atoms with Crippen molar-refractivity contribution in [2.75, 3.05) is 13.2 Å². The van der Waals surface area contributed by atoms with Crippen molar-refractivity contribution in [3.63, 3.8) is 0 Å². The van der Waals surface area contributed by atoms with Crippen LogP contribution in [0.25, 0.3) is 0 Å². The first-order valence-electron chi connectivity index (χ1n) is 6.86. The molecule has 2 rings (SSSR count). The van der Waals surface area contributed by atoms with E-state index in [1.54, 1.807) is 24.3 Å². The first kappa shape index (κ1) is 13.9. The Labute approximate surface area is 113 Å². The molecule has 19 heavy (non-hydrogen) atoms. The van der Waals surface area contributed by atoms with E-state index >= 15 is 0 Å². The van der Waals surface area contributed by atoms with Gasteiger partial charge >= 0.3 is 5.97 Å². The third kappa shape index (κ3) is 3.96. The molecular weight excluding hydrogens is 242 g/mol. The molecule has 1 saturated carbocycles. The van der Waals surface area contributed by atoms with Gasteiger partial charge in [-0.1, -0.05) is 19.4 Å². The summed E-state index contributed by atoms with van der Waals surface area (Å²) >= 11 is 0. The van der Waals surface area contributed by atoms with Crippen LogP contribution in [0.2, 0.25) is 0 Å². The van der Waals surface area contributed by atoms with E-state index in [-0.39, 0.29) is 5.56 Å². The molecule has 0 saturated heterocycles. The predicted octanol–water partition coefficient (Wildman–Crippen LogP) is 2.54. The second-order valence-electron chi connectivity index (χ2n) is 5.15. The Morgan fingerprint density at radius 3 is 3.00 bits per heavy atom. The van der Waals surface area contributed by atoms with E-state index in [0.29, 0.717) is 18.4 Å². The molecule has 0 radical (unpaired) electrons. The minimum absolute atomic E-state index is 0.259. The van der Waals surface area contributed by atoms with Crippen LogP contribution in [0.5, 0.6) is 5.75 Å². The number of hydrogen-bond acceptors (Lipinski definition) is 3. The average molecular weight is 263 g/mol. The first-order valence-corrected chi connectivity index (χ1v) is 6.86. The molecule has 0 aliphatic heterocycles. The van der Waals surface area contributed by atoms with E-state index in [1.807, 2.05) is 0 Å². The van der Waals surface area contributed by atoms with Crippen LogP contribution in [-0.2, 0) is 0 Å². The third-order valence-electron chi connectivity index (χ3n) is 3.72. The summed E-state index contributed by atoms with van der Waals surface area (Å²) in [4.78, 5) is 10.8. The molecule has 0 heterocycles. The third-order valence-corrected chi connectivity index (χ3v) is 3.72. The van der Waals surface area contributed by atoms with Crippen LogP contribution in [0.3, 0.4) is 0 Å². The maximum absolute atomic E-state index is 10.8. The summed E-state index contributed by atoms with van der Waals surface area (Å²) in [7, 11) is 0. The normalized spacial score (nSPS) is 22.4. The van der Waals surface area contributed by atoms with Gasteiger partial charge in [0, 0.05) is 12.6 Å². The van der Waals surface area contributed by atoms with E-state index in [2.05, 4.69) is 12.2 Å². The fraction of sp³-hybridized carbons (Fsp3) is 0.533. The van der Waals surface area contributed by atoms with Crippen molar-refractivity contribution in [2.24, 2.45) is 5.92 Å². The maximum atomic E-state index is 10.8. The molecule has 1 aromatic carbocycles. The van der Waals surface area contributed by atoms with Gasteiger partial charge in [-0.05, 0) is 37.0 Å². The van der Waals surface area contributed by atoms with Gasteiger partial charge in [-0.15, -0.1) is 0 Å². The number of carbonyl (C=O) groups is 1. The highest BCUT2D eigenvalue weighted by atomic mass is 16.5. The summed E-state index contributed by atoms with van der Waals surface area (Å²) < 4.78 is 5.57. The second-order valence-corrected chi connectivity index (χ2v) is 5.15. The minimum atomic E-state index is -0.927. The lowest BCUT2D eigenvalue weighted by Gasteiger charge is -2.17. The largest absolute Gasteiger partial charge is 0.492 e. The molecule has 4 heteroatoms. The van der Waals surface area contributed by atoms with Gasteiger partial charge in [-0.25, -0.2) is 4.79 Å². The molecule has 0 aromatic heterocycles. The van der Waals surface area contributed by atoms with Gasteiger partial charge in [-0.2, -0.15) is 0 Å². The summed E-state index contributed by atoms with van der Waals surface area (Å²) in [6.45, 7) is 3.64. The molecule has 1 aliphatic rings. The monoisotopic (exact) mass is 263 g/mol. The Kier molecular flexibility index (Phi) is 4.80. The number of carboxylic acid groups (broad SMARTS) is 1. The molecule has 2 N–H and O–H groups in total. The Hall–Kier alpha value is -1.55. The zero-order chi connectivity index (χ0) is 13.7. The Balaban J connectivity index is 1.73. The molecule has 0 bridgehead atoms. The smallest absolute Gasteiger partial charge is 0.335 e. The van der Waals surface area contributed by atoms with E-state index in [0.717, 1.165) is 12.5 Å². The highest BCUT2D eigenvalue weighted by Gasteiger charge is 2.22. The van der Waals surface area contributed by atoms with Crippen LogP contribution in [0, 0.1) is 5.92 Å². The van der Waals surface area contributed by atoms with Crippen molar-refractivity contribution < 1.29 is 14.6 Å². The van der Waals surface area contributed by atoms with Crippen LogP contribution in [0.15, 0.2) is 24.3 Å². The van der Waals surface area contributed by atoms with Gasteiger partial charge in [-0.3, -0.25) is 0 Å². The van der Waals surface area contributed by atoms with Crippen LogP contribution in [0.1, 0.15) is 36.5 Å². The molecule has 0 spiro atoms. The van der Waals surface area contributed by atoms with E-state index < -0.39 is 5.97 Å². The number of carboxylic acids is 1. The zero-order valence-corrected chi connectivity index (χ0v) is 11.3. The molecule has 2 unspecified atom stereocenters. The Bertz CT molecular complexity index is 433. The van der Waals surface area contributed by atoms with Crippen molar-refractivity contribution in [1.82, 2.24) is 5.32 Å². The molecule has 1 aromatic rings. The molecule has 0 amide bonds. The fourth-order valence-electron chi connectivity index (χ4n) is 2.58. The van der Waals surface area contributed by atoms with Gasteiger partial charge in [0.1, 0.15) is 12.4 Å². The van der Waals surface area contributed by atoms with Crippen molar-refractivity contribution >= 4 is 5.97 Å². The van der Waals surface area contributed by atoms with Crippen molar-refractivity contribution in [1.29, 1.82) is 0 Å². The van der Waals surface area contributed by atoms with Crippen LogP contribution >= 0.6 is 0 Å². The highest BCUT2D eigenvalue weighted by Crippen LogP contribution is 2.24.